The topological polar surface area (TPSA) is 119 Å². The van der Waals surface area contributed by atoms with Gasteiger partial charge in [-0.25, -0.2) is 0 Å². The first-order valence-electron chi connectivity index (χ1n) is 8.36. The van der Waals surface area contributed by atoms with Crippen molar-refractivity contribution in [1.82, 2.24) is 0 Å². The number of hydrogen-bond donors (Lipinski definition) is 3. The number of halogens is 13. The molecule has 5 atom stereocenters. The summed E-state index contributed by atoms with van der Waals surface area (Å²) < 4.78 is 177. The van der Waals surface area contributed by atoms with E-state index in [9.17, 15) is 77.2 Å². The monoisotopic (exact) mass is 562 g/mol. The second-order valence-electron chi connectivity index (χ2n) is 6.83. The molecular weight excluding hydrogens is 550 g/mol. The van der Waals surface area contributed by atoms with E-state index in [1.54, 1.807) is 0 Å². The molecule has 0 amide bonds. The molecule has 7 nitrogen and oxygen atoms in total. The maximum atomic E-state index is 13.6. The average molecular weight is 562 g/mol. The molecule has 0 aromatic heterocycles. The van der Waals surface area contributed by atoms with Gasteiger partial charge in [0, 0.05) is 6.42 Å². The fraction of sp³-hybridized carbons (Fsp3) is 0.929. The second-order valence-corrected chi connectivity index (χ2v) is 6.83. The number of carboxylic acids is 1. The molecule has 1 aliphatic rings. The van der Waals surface area contributed by atoms with Crippen LogP contribution in [0, 0.1) is 0 Å². The van der Waals surface area contributed by atoms with E-state index in [1.807, 2.05) is 0 Å². The Hall–Kier alpha value is -0.640. The second kappa shape index (κ2) is 10.6. The molecule has 0 saturated carbocycles. The van der Waals surface area contributed by atoms with Gasteiger partial charge in [0.2, 0.25) is 0 Å². The summed E-state index contributed by atoms with van der Waals surface area (Å²) in [4.78, 5) is 10.5. The average Bonchev–Trinajstić information content (AvgIpc) is 2.94. The molecule has 0 aromatic rings. The molecule has 35 heavy (non-hydrogen) atoms. The normalized spacial score (nSPS) is 25.8. The third kappa shape index (κ3) is 5.78. The molecule has 1 aliphatic heterocycles. The van der Waals surface area contributed by atoms with Crippen molar-refractivity contribution >= 4 is 5.97 Å². The van der Waals surface area contributed by atoms with Gasteiger partial charge in [-0.05, 0) is 0 Å². The Kier molecular flexibility index (Phi) is 10.4. The van der Waals surface area contributed by atoms with E-state index in [-0.39, 0.29) is 29.6 Å². The Balaban J connectivity index is 0.0000116. The number of carbonyl (C=O) groups is 1. The summed E-state index contributed by atoms with van der Waals surface area (Å²) in [5.74, 6) is -40.2. The number of ether oxygens (including phenoxy) is 2. The number of hydrogen-bond acceptors (Lipinski definition) is 7. The molecule has 1 fully saturated rings. The molecule has 0 unspecified atom stereocenters. The summed E-state index contributed by atoms with van der Waals surface area (Å²) in [6.07, 6.45) is -22.4. The van der Waals surface area contributed by atoms with Crippen molar-refractivity contribution in [2.75, 3.05) is 6.61 Å². The summed E-state index contributed by atoms with van der Waals surface area (Å²) in [6.45, 7) is -1.98. The van der Waals surface area contributed by atoms with Crippen molar-refractivity contribution in [2.45, 2.75) is 72.9 Å². The number of carbonyl (C=O) groups excluding carboxylic acids is 1. The summed E-state index contributed by atoms with van der Waals surface area (Å²) in [5.41, 5.74) is 0. The van der Waals surface area contributed by atoms with Crippen LogP contribution >= 0.6 is 0 Å². The molecule has 0 aliphatic carbocycles. The third-order valence-electron chi connectivity index (χ3n) is 4.51. The zero-order valence-corrected chi connectivity index (χ0v) is 18.7. The van der Waals surface area contributed by atoms with Crippen molar-refractivity contribution in [1.29, 1.82) is 0 Å². The maximum absolute atomic E-state index is 13.6. The van der Waals surface area contributed by atoms with Gasteiger partial charge in [0.1, 0.15) is 24.4 Å². The minimum absolute atomic E-state index is 0. The van der Waals surface area contributed by atoms with E-state index < -0.39 is 85.5 Å². The van der Waals surface area contributed by atoms with E-state index in [0.29, 0.717) is 0 Å². The molecule has 1 rings (SSSR count). The van der Waals surface area contributed by atoms with Crippen molar-refractivity contribution in [3.63, 3.8) is 0 Å². The van der Waals surface area contributed by atoms with Crippen LogP contribution in [0.25, 0.3) is 0 Å². The summed E-state index contributed by atoms with van der Waals surface area (Å²) in [6, 6.07) is 0. The van der Waals surface area contributed by atoms with Crippen molar-refractivity contribution < 1.29 is 121 Å². The number of aliphatic carboxylic acids is 1. The van der Waals surface area contributed by atoms with Gasteiger partial charge in [0.15, 0.2) is 6.29 Å². The summed E-state index contributed by atoms with van der Waals surface area (Å²) in [5, 5.41) is 38.6. The number of aliphatic hydroxyl groups is 3. The Labute approximate surface area is 207 Å². The van der Waals surface area contributed by atoms with Crippen LogP contribution in [0.1, 0.15) is 6.42 Å². The minimum atomic E-state index is -8.06. The van der Waals surface area contributed by atoms with Crippen LogP contribution < -0.4 is 34.7 Å². The standard InChI is InChI=1S/C14H13F13O7.Na/c15-9(16,1-2-33-8-4(29)3(28)6(34-8)5(30)7(31)32)10(17,18)11(19,20)12(21,22)13(23,24)14(25,26)27;/h3-6,8,28-30H,1-2H2,(H,31,32);/q;+1/p-1/t3-,4-,5+,6+,8-;/m1./s1. The molecular formula is C14H12F13NaO7. The predicted octanol–water partition coefficient (Wildman–Crippen LogP) is -2.31. The molecule has 0 bridgehead atoms. The first-order chi connectivity index (χ1) is 14.9. The fourth-order valence-electron chi connectivity index (χ4n) is 2.47. The molecule has 3 N–H and O–H groups in total. The van der Waals surface area contributed by atoms with Gasteiger partial charge in [0.25, 0.3) is 0 Å². The van der Waals surface area contributed by atoms with E-state index in [1.165, 1.54) is 0 Å². The Bertz CT molecular complexity index is 749. The fourth-order valence-corrected chi connectivity index (χ4v) is 2.47. The Morgan fingerprint density at radius 2 is 1.26 bits per heavy atom. The summed E-state index contributed by atoms with van der Waals surface area (Å²) in [7, 11) is 0. The van der Waals surface area contributed by atoms with Crippen molar-refractivity contribution in [3.05, 3.63) is 0 Å². The van der Waals surface area contributed by atoms with Gasteiger partial charge in [-0.1, -0.05) is 0 Å². The van der Waals surface area contributed by atoms with Gasteiger partial charge in [-0.2, -0.15) is 57.1 Å². The van der Waals surface area contributed by atoms with Crippen LogP contribution in [0.15, 0.2) is 0 Å². The molecule has 0 aromatic carbocycles. The van der Waals surface area contributed by atoms with Gasteiger partial charge in [0.05, 0.1) is 12.6 Å². The SMILES string of the molecule is O=C([O-])[C@@H](O)[C@H]1O[C@@H](OCCC(F)(F)C(F)(F)C(F)(F)C(F)(F)C(F)(F)C(F)(F)F)[C@H](O)[C@H]1O.[Na+]. The largest absolute Gasteiger partial charge is 1.00 e. The number of rotatable bonds is 10. The first-order valence-corrected chi connectivity index (χ1v) is 8.36. The molecule has 0 radical (unpaired) electrons. The smallest absolute Gasteiger partial charge is 0.547 e. The number of carboxylic acid groups (broad SMARTS) is 1. The number of aliphatic hydroxyl groups excluding tert-OH is 3. The zero-order chi connectivity index (χ0) is 27.3. The Morgan fingerprint density at radius 3 is 1.66 bits per heavy atom. The summed E-state index contributed by atoms with van der Waals surface area (Å²) >= 11 is 0. The minimum Gasteiger partial charge on any atom is -0.547 e. The first kappa shape index (κ1) is 34.4. The molecule has 0 spiro atoms. The van der Waals surface area contributed by atoms with Gasteiger partial charge in [-0.15, -0.1) is 0 Å². The van der Waals surface area contributed by atoms with Crippen LogP contribution in [0.5, 0.6) is 0 Å². The quantitative estimate of drug-likeness (QED) is 0.203. The van der Waals surface area contributed by atoms with Crippen molar-refractivity contribution in [2.24, 2.45) is 0 Å². The number of alkyl halides is 13. The van der Waals surface area contributed by atoms with Crippen LogP contribution in [-0.2, 0) is 14.3 Å². The van der Waals surface area contributed by atoms with E-state index >= 15 is 0 Å². The van der Waals surface area contributed by atoms with Gasteiger partial charge in [-0.3, -0.25) is 0 Å². The third-order valence-corrected chi connectivity index (χ3v) is 4.51. The molecule has 21 heteroatoms. The van der Waals surface area contributed by atoms with E-state index in [2.05, 4.69) is 9.47 Å². The van der Waals surface area contributed by atoms with Gasteiger partial charge >= 0.3 is 65.3 Å². The molecule has 1 heterocycles. The van der Waals surface area contributed by atoms with Crippen LogP contribution in [0.3, 0.4) is 0 Å². The zero-order valence-electron chi connectivity index (χ0n) is 16.7. The molecule has 202 valence electrons. The van der Waals surface area contributed by atoms with E-state index in [4.69, 9.17) is 5.11 Å². The molecule has 1 saturated heterocycles. The Morgan fingerprint density at radius 1 is 0.829 bits per heavy atom. The van der Waals surface area contributed by atoms with Gasteiger partial charge < -0.3 is 34.7 Å². The van der Waals surface area contributed by atoms with Crippen LogP contribution in [-0.4, -0.2) is 94.4 Å². The predicted molar refractivity (Wildman–Crippen MR) is 73.0 cm³/mol. The van der Waals surface area contributed by atoms with Crippen molar-refractivity contribution in [3.8, 4) is 0 Å². The maximum Gasteiger partial charge on any atom is 1.00 e. The van der Waals surface area contributed by atoms with Crippen LogP contribution in [0.2, 0.25) is 0 Å². The van der Waals surface area contributed by atoms with E-state index in [0.717, 1.165) is 0 Å². The van der Waals surface area contributed by atoms with Crippen LogP contribution in [0.4, 0.5) is 57.1 Å².